The molecule has 0 aromatic heterocycles. The molecule has 0 radical (unpaired) electrons. The summed E-state index contributed by atoms with van der Waals surface area (Å²) in [6.07, 6.45) is 0.672. The average molecular weight is 503 g/mol. The first-order valence-electron chi connectivity index (χ1n) is 12.7. The lowest BCUT2D eigenvalue weighted by Crippen LogP contribution is -2.20. The van der Waals surface area contributed by atoms with Gasteiger partial charge in [-0.2, -0.15) is 0 Å². The SMILES string of the molecule is CC(COCCOc1ccc(-c2ccc(OCCOCC(C)OCC3CO3)cc2)cc1)OCC1CO1. The number of hydrogen-bond donors (Lipinski definition) is 0. The molecule has 198 valence electrons. The van der Waals surface area contributed by atoms with E-state index in [4.69, 9.17) is 37.9 Å². The van der Waals surface area contributed by atoms with Gasteiger partial charge in [-0.25, -0.2) is 0 Å². The van der Waals surface area contributed by atoms with Gasteiger partial charge in [0.1, 0.15) is 36.9 Å². The molecule has 36 heavy (non-hydrogen) atoms. The van der Waals surface area contributed by atoms with Crippen molar-refractivity contribution in [3.8, 4) is 22.6 Å². The Hall–Kier alpha value is -2.20. The van der Waals surface area contributed by atoms with Crippen molar-refractivity contribution in [2.45, 2.75) is 38.3 Å². The summed E-state index contributed by atoms with van der Waals surface area (Å²) in [5, 5.41) is 0. The highest BCUT2D eigenvalue weighted by atomic mass is 16.6. The summed E-state index contributed by atoms with van der Waals surface area (Å²) in [6.45, 7) is 10.0. The van der Waals surface area contributed by atoms with Crippen LogP contribution < -0.4 is 9.47 Å². The number of benzene rings is 2. The molecule has 0 aliphatic carbocycles. The highest BCUT2D eigenvalue weighted by Crippen LogP contribution is 2.24. The Morgan fingerprint density at radius 1 is 0.639 bits per heavy atom. The van der Waals surface area contributed by atoms with Gasteiger partial charge in [0.05, 0.1) is 65.1 Å². The first kappa shape index (κ1) is 26.9. The van der Waals surface area contributed by atoms with Crippen molar-refractivity contribution in [1.29, 1.82) is 0 Å². The van der Waals surface area contributed by atoms with Crippen molar-refractivity contribution in [3.63, 3.8) is 0 Å². The Morgan fingerprint density at radius 2 is 1.03 bits per heavy atom. The molecule has 0 amide bonds. The van der Waals surface area contributed by atoms with Crippen molar-refractivity contribution >= 4 is 0 Å². The lowest BCUT2D eigenvalue weighted by molar-refractivity contribution is -0.0172. The normalized spacial score (nSPS) is 20.1. The maximum absolute atomic E-state index is 5.78. The third-order valence-corrected chi connectivity index (χ3v) is 5.68. The molecule has 2 aliphatic rings. The van der Waals surface area contributed by atoms with Crippen LogP contribution in [-0.2, 0) is 28.4 Å². The van der Waals surface area contributed by atoms with Gasteiger partial charge in [-0.15, -0.1) is 0 Å². The summed E-state index contributed by atoms with van der Waals surface area (Å²) in [4.78, 5) is 0. The molecular weight excluding hydrogens is 464 g/mol. The van der Waals surface area contributed by atoms with Crippen LogP contribution in [0.2, 0.25) is 0 Å². The molecular formula is C28H38O8. The van der Waals surface area contributed by atoms with Crippen LogP contribution in [-0.4, -0.2) is 90.5 Å². The Kier molecular flexibility index (Phi) is 10.8. The first-order valence-corrected chi connectivity index (χ1v) is 12.7. The maximum Gasteiger partial charge on any atom is 0.119 e. The fourth-order valence-corrected chi connectivity index (χ4v) is 3.39. The Morgan fingerprint density at radius 3 is 1.39 bits per heavy atom. The van der Waals surface area contributed by atoms with Gasteiger partial charge in [-0.05, 0) is 49.2 Å². The van der Waals surface area contributed by atoms with Gasteiger partial charge >= 0.3 is 0 Å². The second kappa shape index (κ2) is 14.5. The summed E-state index contributed by atoms with van der Waals surface area (Å²) in [5.41, 5.74) is 2.23. The van der Waals surface area contributed by atoms with Crippen molar-refractivity contribution in [3.05, 3.63) is 48.5 Å². The lowest BCUT2D eigenvalue weighted by atomic mass is 10.1. The summed E-state index contributed by atoms with van der Waals surface area (Å²) in [5.74, 6) is 1.64. The van der Waals surface area contributed by atoms with E-state index in [0.717, 1.165) is 35.8 Å². The molecule has 2 aromatic carbocycles. The fraction of sp³-hybridized carbons (Fsp3) is 0.571. The van der Waals surface area contributed by atoms with Gasteiger partial charge in [-0.3, -0.25) is 0 Å². The summed E-state index contributed by atoms with van der Waals surface area (Å²) >= 11 is 0. The van der Waals surface area contributed by atoms with Crippen molar-refractivity contribution in [1.82, 2.24) is 0 Å². The Balaban J connectivity index is 1.06. The molecule has 4 unspecified atom stereocenters. The highest BCUT2D eigenvalue weighted by Gasteiger charge is 2.24. The maximum atomic E-state index is 5.78. The van der Waals surface area contributed by atoms with Gasteiger partial charge in [-0.1, -0.05) is 24.3 Å². The van der Waals surface area contributed by atoms with Crippen LogP contribution in [0.25, 0.3) is 11.1 Å². The molecule has 0 N–H and O–H groups in total. The van der Waals surface area contributed by atoms with E-state index in [1.54, 1.807) is 0 Å². The van der Waals surface area contributed by atoms with E-state index in [1.165, 1.54) is 0 Å². The van der Waals surface area contributed by atoms with Crippen LogP contribution in [0.15, 0.2) is 48.5 Å². The second-order valence-corrected chi connectivity index (χ2v) is 9.09. The topological polar surface area (TPSA) is 80.4 Å². The van der Waals surface area contributed by atoms with Crippen LogP contribution in [0.1, 0.15) is 13.8 Å². The second-order valence-electron chi connectivity index (χ2n) is 9.09. The monoisotopic (exact) mass is 502 g/mol. The van der Waals surface area contributed by atoms with Crippen LogP contribution in [0, 0.1) is 0 Å². The van der Waals surface area contributed by atoms with Gasteiger partial charge in [0.2, 0.25) is 0 Å². The van der Waals surface area contributed by atoms with E-state index >= 15 is 0 Å². The number of hydrogen-bond acceptors (Lipinski definition) is 8. The van der Waals surface area contributed by atoms with Crippen LogP contribution in [0.3, 0.4) is 0 Å². The largest absolute Gasteiger partial charge is 0.491 e. The molecule has 0 bridgehead atoms. The van der Waals surface area contributed by atoms with Crippen molar-refractivity contribution in [2.24, 2.45) is 0 Å². The smallest absolute Gasteiger partial charge is 0.119 e. The summed E-state index contributed by atoms with van der Waals surface area (Å²) in [6, 6.07) is 16.1. The molecule has 2 aliphatic heterocycles. The summed E-state index contributed by atoms with van der Waals surface area (Å²) < 4.78 is 44.3. The molecule has 8 nitrogen and oxygen atoms in total. The Bertz CT molecular complexity index is 791. The molecule has 8 heteroatoms. The quantitative estimate of drug-likeness (QED) is 0.212. The van der Waals surface area contributed by atoms with E-state index in [1.807, 2.05) is 62.4 Å². The van der Waals surface area contributed by atoms with Gasteiger partial charge < -0.3 is 37.9 Å². The number of epoxide rings is 2. The first-order chi connectivity index (χ1) is 17.7. The van der Waals surface area contributed by atoms with Crippen molar-refractivity contribution in [2.75, 3.05) is 66.1 Å². The molecule has 0 spiro atoms. The van der Waals surface area contributed by atoms with E-state index in [0.29, 0.717) is 52.9 Å². The summed E-state index contributed by atoms with van der Waals surface area (Å²) in [7, 11) is 0. The zero-order valence-electron chi connectivity index (χ0n) is 21.3. The zero-order chi connectivity index (χ0) is 25.0. The highest BCUT2D eigenvalue weighted by molar-refractivity contribution is 5.64. The van der Waals surface area contributed by atoms with Gasteiger partial charge in [0.15, 0.2) is 0 Å². The average Bonchev–Trinajstić information content (AvgIpc) is 3.82. The minimum atomic E-state index is 0.0556. The zero-order valence-corrected chi connectivity index (χ0v) is 21.3. The molecule has 0 saturated carbocycles. The third-order valence-electron chi connectivity index (χ3n) is 5.68. The third kappa shape index (κ3) is 10.4. The van der Waals surface area contributed by atoms with E-state index < -0.39 is 0 Å². The molecule has 4 atom stereocenters. The molecule has 2 saturated heterocycles. The molecule has 2 heterocycles. The van der Waals surface area contributed by atoms with Crippen LogP contribution in [0.4, 0.5) is 0 Å². The van der Waals surface area contributed by atoms with Crippen LogP contribution in [0.5, 0.6) is 11.5 Å². The standard InChI is InChI=1S/C28H38O8/c1-21(33-17-27-19-35-27)15-29-11-13-31-25-7-3-23(4-8-25)24-5-9-26(10-6-24)32-14-12-30-16-22(2)34-18-28-20-36-28/h3-10,21-22,27-28H,11-20H2,1-2H3. The predicted molar refractivity (Wildman–Crippen MR) is 135 cm³/mol. The fourth-order valence-electron chi connectivity index (χ4n) is 3.39. The number of ether oxygens (including phenoxy) is 8. The molecule has 4 rings (SSSR count). The number of rotatable bonds is 19. The predicted octanol–water partition coefficient (Wildman–Crippen LogP) is 3.75. The van der Waals surface area contributed by atoms with E-state index in [9.17, 15) is 0 Å². The minimum absolute atomic E-state index is 0.0556. The Labute approximate surface area is 213 Å². The molecule has 2 aromatic rings. The van der Waals surface area contributed by atoms with Gasteiger partial charge in [0, 0.05) is 0 Å². The van der Waals surface area contributed by atoms with Gasteiger partial charge in [0.25, 0.3) is 0 Å². The minimum Gasteiger partial charge on any atom is -0.491 e. The van der Waals surface area contributed by atoms with Crippen LogP contribution >= 0.6 is 0 Å². The molecule has 2 fully saturated rings. The van der Waals surface area contributed by atoms with E-state index in [2.05, 4.69) is 0 Å². The van der Waals surface area contributed by atoms with Crippen molar-refractivity contribution < 1.29 is 37.9 Å². The lowest BCUT2D eigenvalue weighted by Gasteiger charge is -2.13. The van der Waals surface area contributed by atoms with E-state index in [-0.39, 0.29) is 24.4 Å².